The molecule has 0 bridgehead atoms. The number of unbranched alkanes of at least 4 members (excludes halogenated alkanes) is 1. The second-order valence-electron chi connectivity index (χ2n) is 4.04. The number of fused-ring (bicyclic) bond motifs is 1. The Labute approximate surface area is 101 Å². The highest BCUT2D eigenvalue weighted by atomic mass is 16.1. The zero-order valence-electron chi connectivity index (χ0n) is 9.73. The highest BCUT2D eigenvalue weighted by Gasteiger charge is 2.09. The van der Waals surface area contributed by atoms with Crippen LogP contribution in [0.2, 0.25) is 0 Å². The number of carbonyl (C=O) groups is 1. The summed E-state index contributed by atoms with van der Waals surface area (Å²) >= 11 is 0. The van der Waals surface area contributed by atoms with Crippen molar-refractivity contribution in [2.75, 3.05) is 6.54 Å². The third-order valence-corrected chi connectivity index (χ3v) is 2.81. The van der Waals surface area contributed by atoms with Crippen LogP contribution in [0, 0.1) is 0 Å². The summed E-state index contributed by atoms with van der Waals surface area (Å²) in [6, 6.07) is 9.52. The molecule has 0 aliphatic heterocycles. The van der Waals surface area contributed by atoms with Gasteiger partial charge in [0.2, 0.25) is 0 Å². The minimum absolute atomic E-state index is 0.178. The molecule has 0 saturated carbocycles. The maximum Gasteiger partial charge on any atom is 0.163 e. The Hall–Kier alpha value is -1.74. The van der Waals surface area contributed by atoms with Gasteiger partial charge in [-0.2, -0.15) is 0 Å². The third kappa shape index (κ3) is 2.68. The van der Waals surface area contributed by atoms with Crippen LogP contribution in [0.1, 0.15) is 29.6 Å². The minimum atomic E-state index is 0.178. The van der Waals surface area contributed by atoms with Crippen molar-refractivity contribution in [2.24, 2.45) is 5.73 Å². The number of ketones is 1. The Morgan fingerprint density at radius 1 is 1.18 bits per heavy atom. The second kappa shape index (κ2) is 5.55. The van der Waals surface area contributed by atoms with Crippen LogP contribution in [0.5, 0.6) is 0 Å². The summed E-state index contributed by atoms with van der Waals surface area (Å²) in [6.07, 6.45) is 4.00. The Balaban J connectivity index is 2.26. The molecule has 1 aromatic heterocycles. The van der Waals surface area contributed by atoms with Crippen LogP contribution in [0.25, 0.3) is 10.9 Å². The lowest BCUT2D eigenvalue weighted by atomic mass is 10.0. The van der Waals surface area contributed by atoms with Gasteiger partial charge in [-0.25, -0.2) is 0 Å². The van der Waals surface area contributed by atoms with Crippen LogP contribution in [-0.4, -0.2) is 17.3 Å². The molecule has 2 aromatic rings. The number of hydrogen-bond acceptors (Lipinski definition) is 3. The third-order valence-electron chi connectivity index (χ3n) is 2.81. The topological polar surface area (TPSA) is 56.0 Å². The van der Waals surface area contributed by atoms with E-state index in [9.17, 15) is 4.79 Å². The predicted octanol–water partition coefficient (Wildman–Crippen LogP) is 2.55. The van der Waals surface area contributed by atoms with Crippen molar-refractivity contribution < 1.29 is 4.79 Å². The van der Waals surface area contributed by atoms with Gasteiger partial charge in [-0.3, -0.25) is 9.78 Å². The number of nitrogens with zero attached hydrogens (tertiary/aromatic N) is 1. The molecular weight excluding hydrogens is 212 g/mol. The molecule has 1 aromatic carbocycles. The molecule has 0 saturated heterocycles. The van der Waals surface area contributed by atoms with Crippen molar-refractivity contribution in [3.05, 3.63) is 42.1 Å². The van der Waals surface area contributed by atoms with E-state index in [1.807, 2.05) is 24.3 Å². The average molecular weight is 228 g/mol. The molecule has 17 heavy (non-hydrogen) atoms. The molecule has 1 heterocycles. The van der Waals surface area contributed by atoms with Gasteiger partial charge >= 0.3 is 0 Å². The first kappa shape index (κ1) is 11.7. The molecule has 0 fully saturated rings. The van der Waals surface area contributed by atoms with E-state index in [-0.39, 0.29) is 5.78 Å². The van der Waals surface area contributed by atoms with Gasteiger partial charge in [-0.1, -0.05) is 18.2 Å². The number of hydrogen-bond donors (Lipinski definition) is 1. The number of benzene rings is 1. The molecule has 3 heteroatoms. The van der Waals surface area contributed by atoms with Gasteiger partial charge in [0.25, 0.3) is 0 Å². The van der Waals surface area contributed by atoms with Gasteiger partial charge in [0.15, 0.2) is 5.78 Å². The standard InChI is InChI=1S/C14H16N2O/c15-9-4-3-7-14(17)12-8-10-16-13-6-2-1-5-11(12)13/h1-2,5-6,8,10H,3-4,7,9,15H2. The second-order valence-corrected chi connectivity index (χ2v) is 4.04. The van der Waals surface area contributed by atoms with Crippen molar-refractivity contribution in [1.82, 2.24) is 4.98 Å². The fourth-order valence-electron chi connectivity index (χ4n) is 1.90. The number of pyridine rings is 1. The largest absolute Gasteiger partial charge is 0.330 e. The molecule has 0 atom stereocenters. The number of rotatable bonds is 5. The molecule has 0 unspecified atom stereocenters. The zero-order valence-corrected chi connectivity index (χ0v) is 9.73. The molecule has 2 N–H and O–H groups in total. The van der Waals surface area contributed by atoms with Gasteiger partial charge in [0.1, 0.15) is 0 Å². The first-order valence-electron chi connectivity index (χ1n) is 5.90. The van der Waals surface area contributed by atoms with Crippen LogP contribution in [0.15, 0.2) is 36.5 Å². The number of nitrogens with two attached hydrogens (primary N) is 1. The smallest absolute Gasteiger partial charge is 0.163 e. The summed E-state index contributed by atoms with van der Waals surface area (Å²) in [5.74, 6) is 0.178. The number of aromatic nitrogens is 1. The molecule has 2 rings (SSSR count). The number of Topliss-reactive ketones (excluding diaryl/α,β-unsaturated/α-hetero) is 1. The Morgan fingerprint density at radius 2 is 2.00 bits per heavy atom. The monoisotopic (exact) mass is 228 g/mol. The Kier molecular flexibility index (Phi) is 3.83. The maximum absolute atomic E-state index is 12.1. The summed E-state index contributed by atoms with van der Waals surface area (Å²) in [7, 11) is 0. The molecule has 0 amide bonds. The van der Waals surface area contributed by atoms with Gasteiger partial charge in [0, 0.05) is 23.6 Å². The maximum atomic E-state index is 12.1. The molecule has 0 radical (unpaired) electrons. The summed E-state index contributed by atoms with van der Waals surface area (Å²) in [5.41, 5.74) is 7.07. The van der Waals surface area contributed by atoms with Crippen LogP contribution < -0.4 is 5.73 Å². The average Bonchev–Trinajstić information content (AvgIpc) is 2.38. The van der Waals surface area contributed by atoms with Crippen LogP contribution in [0.4, 0.5) is 0 Å². The van der Waals surface area contributed by atoms with Crippen LogP contribution in [0.3, 0.4) is 0 Å². The predicted molar refractivity (Wildman–Crippen MR) is 69.0 cm³/mol. The van der Waals surface area contributed by atoms with E-state index < -0.39 is 0 Å². The van der Waals surface area contributed by atoms with Gasteiger partial charge in [0.05, 0.1) is 5.52 Å². The molecule has 0 aliphatic rings. The fourth-order valence-corrected chi connectivity index (χ4v) is 1.90. The van der Waals surface area contributed by atoms with Gasteiger partial charge < -0.3 is 5.73 Å². The quantitative estimate of drug-likeness (QED) is 0.632. The summed E-state index contributed by atoms with van der Waals surface area (Å²) in [5, 5.41) is 0.938. The summed E-state index contributed by atoms with van der Waals surface area (Å²) < 4.78 is 0. The normalized spacial score (nSPS) is 10.6. The van der Waals surface area contributed by atoms with Gasteiger partial charge in [-0.05, 0) is 31.5 Å². The van der Waals surface area contributed by atoms with Crippen molar-refractivity contribution >= 4 is 16.7 Å². The lowest BCUT2D eigenvalue weighted by Gasteiger charge is -2.04. The SMILES string of the molecule is NCCCCC(=O)c1ccnc2ccccc12. The van der Waals surface area contributed by atoms with E-state index >= 15 is 0 Å². The minimum Gasteiger partial charge on any atom is -0.330 e. The van der Waals surface area contributed by atoms with Crippen molar-refractivity contribution in [3.63, 3.8) is 0 Å². The van der Waals surface area contributed by atoms with E-state index in [0.29, 0.717) is 13.0 Å². The molecule has 88 valence electrons. The Bertz CT molecular complexity index is 517. The number of carbonyl (C=O) groups excluding carboxylic acids is 1. The van der Waals surface area contributed by atoms with Crippen LogP contribution in [-0.2, 0) is 0 Å². The molecule has 0 aliphatic carbocycles. The highest BCUT2D eigenvalue weighted by Crippen LogP contribution is 2.18. The first-order chi connectivity index (χ1) is 8.33. The lowest BCUT2D eigenvalue weighted by Crippen LogP contribution is -2.03. The summed E-state index contributed by atoms with van der Waals surface area (Å²) in [6.45, 7) is 0.643. The molecule has 0 spiro atoms. The lowest BCUT2D eigenvalue weighted by molar-refractivity contribution is 0.0981. The van der Waals surface area contributed by atoms with Crippen LogP contribution >= 0.6 is 0 Å². The summed E-state index contributed by atoms with van der Waals surface area (Å²) in [4.78, 5) is 16.3. The van der Waals surface area contributed by atoms with E-state index in [1.165, 1.54) is 0 Å². The van der Waals surface area contributed by atoms with Crippen molar-refractivity contribution in [2.45, 2.75) is 19.3 Å². The van der Waals surface area contributed by atoms with Crippen molar-refractivity contribution in [1.29, 1.82) is 0 Å². The Morgan fingerprint density at radius 3 is 2.82 bits per heavy atom. The van der Waals surface area contributed by atoms with E-state index in [1.54, 1.807) is 12.3 Å². The van der Waals surface area contributed by atoms with Crippen molar-refractivity contribution in [3.8, 4) is 0 Å². The van der Waals surface area contributed by atoms with Gasteiger partial charge in [-0.15, -0.1) is 0 Å². The highest BCUT2D eigenvalue weighted by molar-refractivity contribution is 6.07. The molecule has 3 nitrogen and oxygen atoms in total. The fraction of sp³-hybridized carbons (Fsp3) is 0.286. The first-order valence-corrected chi connectivity index (χ1v) is 5.90. The number of para-hydroxylation sites is 1. The van der Waals surface area contributed by atoms with E-state index in [2.05, 4.69) is 4.98 Å². The molecular formula is C14H16N2O. The van der Waals surface area contributed by atoms with E-state index in [0.717, 1.165) is 29.3 Å². The zero-order chi connectivity index (χ0) is 12.1. The van der Waals surface area contributed by atoms with E-state index in [4.69, 9.17) is 5.73 Å².